The third-order valence-electron chi connectivity index (χ3n) is 2.20. The largest absolute Gasteiger partial charge is 0.469 e. The number of aldehydes is 1. The Balaban J connectivity index is 2.41. The maximum atomic E-state index is 10.9. The first-order valence-corrected chi connectivity index (χ1v) is 3.81. The highest BCUT2D eigenvalue weighted by Crippen LogP contribution is 2.29. The molecule has 2 atom stereocenters. The second kappa shape index (κ2) is 3.51. The van der Waals surface area contributed by atoms with Gasteiger partial charge in [0.05, 0.1) is 13.0 Å². The lowest BCUT2D eigenvalue weighted by atomic mass is 10.1. The fourth-order valence-corrected chi connectivity index (χ4v) is 1.52. The van der Waals surface area contributed by atoms with E-state index in [2.05, 4.69) is 4.74 Å². The number of carbonyl (C=O) groups is 2. The van der Waals surface area contributed by atoms with E-state index in [0.29, 0.717) is 6.42 Å². The smallest absolute Gasteiger partial charge is 0.308 e. The second-order valence-electron chi connectivity index (χ2n) is 2.93. The molecule has 62 valence electrons. The first-order chi connectivity index (χ1) is 5.27. The van der Waals surface area contributed by atoms with Gasteiger partial charge in [0, 0.05) is 5.92 Å². The van der Waals surface area contributed by atoms with Crippen molar-refractivity contribution in [2.75, 3.05) is 7.11 Å². The molecule has 0 unspecified atom stereocenters. The van der Waals surface area contributed by atoms with Gasteiger partial charge in [-0.15, -0.1) is 0 Å². The van der Waals surface area contributed by atoms with E-state index in [4.69, 9.17) is 0 Å². The standard InChI is InChI=1S/C8H12O3/c1-11-8(10)7-3-2-6(4-7)5-9/h5-7H,2-4H2,1H3/t6-,7-/m1/s1. The third-order valence-corrected chi connectivity index (χ3v) is 2.20. The second-order valence-corrected chi connectivity index (χ2v) is 2.93. The van der Waals surface area contributed by atoms with E-state index < -0.39 is 0 Å². The predicted octanol–water partition coefficient (Wildman–Crippen LogP) is 0.775. The fraction of sp³-hybridized carbons (Fsp3) is 0.750. The SMILES string of the molecule is COC(=O)[C@@H]1CC[C@@H](C=O)C1. The first-order valence-electron chi connectivity index (χ1n) is 3.81. The van der Waals surface area contributed by atoms with Crippen LogP contribution < -0.4 is 0 Å². The van der Waals surface area contributed by atoms with Crippen LogP contribution in [0.15, 0.2) is 0 Å². The van der Waals surface area contributed by atoms with Crippen molar-refractivity contribution >= 4 is 12.3 Å². The molecule has 0 radical (unpaired) electrons. The lowest BCUT2D eigenvalue weighted by molar-refractivity contribution is -0.145. The van der Waals surface area contributed by atoms with Gasteiger partial charge in [0.15, 0.2) is 0 Å². The maximum absolute atomic E-state index is 10.9. The summed E-state index contributed by atoms with van der Waals surface area (Å²) in [5, 5.41) is 0. The zero-order chi connectivity index (χ0) is 8.27. The zero-order valence-corrected chi connectivity index (χ0v) is 6.58. The summed E-state index contributed by atoms with van der Waals surface area (Å²) in [5.41, 5.74) is 0. The first kappa shape index (κ1) is 8.24. The quantitative estimate of drug-likeness (QED) is 0.438. The Morgan fingerprint density at radius 2 is 2.27 bits per heavy atom. The molecule has 11 heavy (non-hydrogen) atoms. The van der Waals surface area contributed by atoms with Crippen molar-refractivity contribution in [3.05, 3.63) is 0 Å². The van der Waals surface area contributed by atoms with Crippen LogP contribution in [0.1, 0.15) is 19.3 Å². The lowest BCUT2D eigenvalue weighted by Gasteiger charge is -2.04. The van der Waals surface area contributed by atoms with Crippen LogP contribution in [0, 0.1) is 11.8 Å². The van der Waals surface area contributed by atoms with Crippen molar-refractivity contribution in [1.82, 2.24) is 0 Å². The molecule has 1 aliphatic carbocycles. The predicted molar refractivity (Wildman–Crippen MR) is 38.9 cm³/mol. The van der Waals surface area contributed by atoms with Gasteiger partial charge in [0.2, 0.25) is 0 Å². The highest BCUT2D eigenvalue weighted by molar-refractivity contribution is 5.73. The minimum Gasteiger partial charge on any atom is -0.469 e. The van der Waals surface area contributed by atoms with Gasteiger partial charge in [0.1, 0.15) is 6.29 Å². The van der Waals surface area contributed by atoms with Crippen molar-refractivity contribution < 1.29 is 14.3 Å². The number of hydrogen-bond donors (Lipinski definition) is 0. The number of methoxy groups -OCH3 is 1. The van der Waals surface area contributed by atoms with E-state index in [-0.39, 0.29) is 17.8 Å². The molecule has 0 spiro atoms. The molecule has 1 rings (SSSR count). The maximum Gasteiger partial charge on any atom is 0.308 e. The Bertz CT molecular complexity index is 165. The van der Waals surface area contributed by atoms with Crippen molar-refractivity contribution in [2.24, 2.45) is 11.8 Å². The van der Waals surface area contributed by atoms with E-state index in [1.807, 2.05) is 0 Å². The average molecular weight is 156 g/mol. The Morgan fingerprint density at radius 1 is 1.55 bits per heavy atom. The molecule has 0 aromatic heterocycles. The molecule has 0 heterocycles. The number of hydrogen-bond acceptors (Lipinski definition) is 3. The molecule has 1 saturated carbocycles. The lowest BCUT2D eigenvalue weighted by Crippen LogP contribution is -2.12. The van der Waals surface area contributed by atoms with E-state index in [1.165, 1.54) is 7.11 Å². The summed E-state index contributed by atoms with van der Waals surface area (Å²) in [6.07, 6.45) is 3.25. The van der Waals surface area contributed by atoms with Crippen LogP contribution in [0.3, 0.4) is 0 Å². The summed E-state index contributed by atoms with van der Waals surface area (Å²) >= 11 is 0. The van der Waals surface area contributed by atoms with Crippen LogP contribution in [0.25, 0.3) is 0 Å². The van der Waals surface area contributed by atoms with Gasteiger partial charge >= 0.3 is 5.97 Å². The average Bonchev–Trinajstić information content (AvgIpc) is 2.50. The van der Waals surface area contributed by atoms with Crippen LogP contribution in [0.2, 0.25) is 0 Å². The molecular weight excluding hydrogens is 144 g/mol. The van der Waals surface area contributed by atoms with Gasteiger partial charge in [-0.25, -0.2) is 0 Å². The van der Waals surface area contributed by atoms with Gasteiger partial charge in [-0.1, -0.05) is 0 Å². The number of carbonyl (C=O) groups excluding carboxylic acids is 2. The van der Waals surface area contributed by atoms with Crippen LogP contribution in [-0.4, -0.2) is 19.4 Å². The molecular formula is C8H12O3. The minimum atomic E-state index is -0.172. The Morgan fingerprint density at radius 3 is 2.73 bits per heavy atom. The molecule has 1 fully saturated rings. The number of rotatable bonds is 2. The molecule has 3 nitrogen and oxygen atoms in total. The Labute approximate surface area is 65.7 Å². The van der Waals surface area contributed by atoms with Crippen LogP contribution in [0.4, 0.5) is 0 Å². The molecule has 0 bridgehead atoms. The van der Waals surface area contributed by atoms with Crippen molar-refractivity contribution in [1.29, 1.82) is 0 Å². The number of esters is 1. The fourth-order valence-electron chi connectivity index (χ4n) is 1.52. The van der Waals surface area contributed by atoms with Crippen molar-refractivity contribution in [3.63, 3.8) is 0 Å². The highest BCUT2D eigenvalue weighted by Gasteiger charge is 2.29. The minimum absolute atomic E-state index is 0.0322. The van der Waals surface area contributed by atoms with Gasteiger partial charge in [-0.2, -0.15) is 0 Å². The summed E-state index contributed by atoms with van der Waals surface area (Å²) in [6.45, 7) is 0. The molecule has 0 aromatic carbocycles. The topological polar surface area (TPSA) is 43.4 Å². The third kappa shape index (κ3) is 1.79. The molecule has 3 heteroatoms. The van der Waals surface area contributed by atoms with Gasteiger partial charge < -0.3 is 9.53 Å². The zero-order valence-electron chi connectivity index (χ0n) is 6.58. The number of ether oxygens (including phenoxy) is 1. The van der Waals surface area contributed by atoms with Crippen LogP contribution >= 0.6 is 0 Å². The van der Waals surface area contributed by atoms with E-state index in [9.17, 15) is 9.59 Å². The van der Waals surface area contributed by atoms with Crippen LogP contribution in [-0.2, 0) is 14.3 Å². The van der Waals surface area contributed by atoms with Crippen molar-refractivity contribution in [2.45, 2.75) is 19.3 Å². The Kier molecular flexibility index (Phi) is 2.63. The summed E-state index contributed by atoms with van der Waals surface area (Å²) in [7, 11) is 1.39. The Hall–Kier alpha value is -0.860. The van der Waals surface area contributed by atoms with Gasteiger partial charge in [-0.05, 0) is 19.3 Å². The molecule has 0 N–H and O–H groups in total. The summed E-state index contributed by atoms with van der Waals surface area (Å²) < 4.78 is 4.57. The summed E-state index contributed by atoms with van der Waals surface area (Å²) in [4.78, 5) is 21.2. The van der Waals surface area contributed by atoms with E-state index >= 15 is 0 Å². The summed E-state index contributed by atoms with van der Waals surface area (Å²) in [5.74, 6) is -0.122. The summed E-state index contributed by atoms with van der Waals surface area (Å²) in [6, 6.07) is 0. The molecule has 0 amide bonds. The van der Waals surface area contributed by atoms with E-state index in [1.54, 1.807) is 0 Å². The molecule has 0 saturated heterocycles. The molecule has 1 aliphatic rings. The molecule has 0 aromatic rings. The normalized spacial score (nSPS) is 29.9. The highest BCUT2D eigenvalue weighted by atomic mass is 16.5. The monoisotopic (exact) mass is 156 g/mol. The van der Waals surface area contributed by atoms with Crippen molar-refractivity contribution in [3.8, 4) is 0 Å². The van der Waals surface area contributed by atoms with E-state index in [0.717, 1.165) is 19.1 Å². The van der Waals surface area contributed by atoms with Gasteiger partial charge in [0.25, 0.3) is 0 Å². The molecule has 0 aliphatic heterocycles. The van der Waals surface area contributed by atoms with Crippen LogP contribution in [0.5, 0.6) is 0 Å². The van der Waals surface area contributed by atoms with Gasteiger partial charge in [-0.3, -0.25) is 4.79 Å².